The van der Waals surface area contributed by atoms with E-state index in [1.807, 2.05) is 0 Å². The van der Waals surface area contributed by atoms with Gasteiger partial charge >= 0.3 is 23.9 Å². The lowest BCUT2D eigenvalue weighted by Gasteiger charge is -2.44. The van der Waals surface area contributed by atoms with Crippen molar-refractivity contribution in [3.8, 4) is 0 Å². The molecule has 3 rings (SSSR count). The molecule has 0 amide bonds. The quantitative estimate of drug-likeness (QED) is 0.296. The Morgan fingerprint density at radius 2 is 1.79 bits per heavy atom. The van der Waals surface area contributed by atoms with E-state index < -0.39 is 66.8 Å². The van der Waals surface area contributed by atoms with Crippen LogP contribution in [0.25, 0.3) is 0 Å². The smallest absolute Gasteiger partial charge is 0.341 e. The van der Waals surface area contributed by atoms with Gasteiger partial charge < -0.3 is 38.3 Å². The van der Waals surface area contributed by atoms with Crippen molar-refractivity contribution >= 4 is 23.9 Å². The fourth-order valence-electron chi connectivity index (χ4n) is 3.80. The molecule has 1 saturated heterocycles. The predicted octanol–water partition coefficient (Wildman–Crippen LogP) is 0.0409. The minimum absolute atomic E-state index is 0.0637. The molecule has 0 aromatic heterocycles. The summed E-state index contributed by atoms with van der Waals surface area (Å²) in [6.45, 7) is 6.85. The molecule has 34 heavy (non-hydrogen) atoms. The van der Waals surface area contributed by atoms with Crippen molar-refractivity contribution in [3.63, 3.8) is 0 Å². The summed E-state index contributed by atoms with van der Waals surface area (Å²) in [6.07, 6.45) is -3.66. The summed E-state index contributed by atoms with van der Waals surface area (Å²) in [5.41, 5.74) is 0.778. The van der Waals surface area contributed by atoms with Crippen molar-refractivity contribution in [3.05, 3.63) is 36.1 Å². The average molecular weight is 482 g/mol. The fourth-order valence-corrected chi connectivity index (χ4v) is 3.80. The number of hydrogen-bond donors (Lipinski definition) is 1. The summed E-state index contributed by atoms with van der Waals surface area (Å²) in [6, 6.07) is 0. The average Bonchev–Trinajstić information content (AvgIpc) is 2.76. The van der Waals surface area contributed by atoms with Crippen LogP contribution in [0.5, 0.6) is 0 Å². The van der Waals surface area contributed by atoms with Crippen molar-refractivity contribution in [2.75, 3.05) is 13.2 Å². The van der Waals surface area contributed by atoms with Gasteiger partial charge in [-0.1, -0.05) is 6.08 Å². The number of ether oxygens (including phenoxy) is 7. The van der Waals surface area contributed by atoms with Gasteiger partial charge in [0.25, 0.3) is 0 Å². The Hall–Kier alpha value is -3.22. The van der Waals surface area contributed by atoms with E-state index >= 15 is 0 Å². The lowest BCUT2D eigenvalue weighted by molar-refractivity contribution is -0.337. The first-order valence-electron chi connectivity index (χ1n) is 10.4. The SMILES string of the molecule is C=C[C@@H]1C2=CCOC(=O)C2=CO[C@H]1O[C@@H]1O[C@H](COC(C)=O)[C@@H](OC(C)=O)[C@H](OC(C)=O)[C@H]1O. The van der Waals surface area contributed by atoms with Crippen LogP contribution in [0.1, 0.15) is 20.8 Å². The minimum atomic E-state index is -1.62. The van der Waals surface area contributed by atoms with Gasteiger partial charge in [0.05, 0.1) is 11.5 Å². The number of carbonyl (C=O) groups is 4. The third-order valence-electron chi connectivity index (χ3n) is 5.21. The molecule has 0 saturated carbocycles. The Morgan fingerprint density at radius 3 is 2.41 bits per heavy atom. The molecule has 3 heterocycles. The number of rotatable bonds is 7. The monoisotopic (exact) mass is 482 g/mol. The van der Waals surface area contributed by atoms with Crippen LogP contribution in [0.4, 0.5) is 0 Å². The van der Waals surface area contributed by atoms with Crippen molar-refractivity contribution < 1.29 is 57.4 Å². The second kappa shape index (κ2) is 10.8. The van der Waals surface area contributed by atoms with Crippen LogP contribution in [0.2, 0.25) is 0 Å². The molecule has 0 bridgehead atoms. The highest BCUT2D eigenvalue weighted by Gasteiger charge is 2.52. The van der Waals surface area contributed by atoms with Crippen LogP contribution < -0.4 is 0 Å². The number of fused-ring (bicyclic) bond motifs is 1. The van der Waals surface area contributed by atoms with Gasteiger partial charge in [-0.25, -0.2) is 4.79 Å². The Kier molecular flexibility index (Phi) is 8.07. The second-order valence-corrected chi connectivity index (χ2v) is 7.68. The first-order chi connectivity index (χ1) is 16.1. The van der Waals surface area contributed by atoms with Gasteiger partial charge in [-0.05, 0) is 11.6 Å². The lowest BCUT2D eigenvalue weighted by Crippen LogP contribution is -2.62. The number of aliphatic hydroxyl groups excluding tert-OH is 1. The first kappa shape index (κ1) is 25.4. The molecule has 186 valence electrons. The largest absolute Gasteiger partial charge is 0.471 e. The number of esters is 4. The van der Waals surface area contributed by atoms with Crippen molar-refractivity contribution in [1.29, 1.82) is 0 Å². The molecule has 1 N–H and O–H groups in total. The van der Waals surface area contributed by atoms with E-state index in [0.717, 1.165) is 13.8 Å². The van der Waals surface area contributed by atoms with Crippen LogP contribution in [0.15, 0.2) is 36.1 Å². The summed E-state index contributed by atoms with van der Waals surface area (Å²) in [5.74, 6) is -3.31. The van der Waals surface area contributed by atoms with Crippen LogP contribution in [0, 0.1) is 5.92 Å². The third-order valence-corrected chi connectivity index (χ3v) is 5.21. The van der Waals surface area contributed by atoms with Crippen molar-refractivity contribution in [1.82, 2.24) is 0 Å². The van der Waals surface area contributed by atoms with Gasteiger partial charge in [0.2, 0.25) is 6.29 Å². The molecule has 3 aliphatic rings. The molecule has 7 atom stereocenters. The van der Waals surface area contributed by atoms with E-state index in [-0.39, 0.29) is 18.8 Å². The van der Waals surface area contributed by atoms with E-state index in [2.05, 4.69) is 6.58 Å². The summed E-state index contributed by atoms with van der Waals surface area (Å²) in [5, 5.41) is 10.9. The van der Waals surface area contributed by atoms with Gasteiger partial charge in [0.1, 0.15) is 31.7 Å². The van der Waals surface area contributed by atoms with Crippen LogP contribution in [0.3, 0.4) is 0 Å². The van der Waals surface area contributed by atoms with Crippen LogP contribution >= 0.6 is 0 Å². The van der Waals surface area contributed by atoms with Crippen LogP contribution in [-0.2, 0) is 52.3 Å². The fraction of sp³-hybridized carbons (Fsp3) is 0.545. The molecule has 12 nitrogen and oxygen atoms in total. The Balaban J connectivity index is 1.87. The Bertz CT molecular complexity index is 906. The van der Waals surface area contributed by atoms with Gasteiger partial charge in [-0.3, -0.25) is 14.4 Å². The Labute approximate surface area is 195 Å². The van der Waals surface area contributed by atoms with Crippen LogP contribution in [-0.4, -0.2) is 79.2 Å². The molecule has 0 spiro atoms. The molecule has 0 radical (unpaired) electrons. The Morgan fingerprint density at radius 1 is 1.12 bits per heavy atom. The van der Waals surface area contributed by atoms with E-state index in [4.69, 9.17) is 33.2 Å². The van der Waals surface area contributed by atoms with E-state index in [9.17, 15) is 24.3 Å². The molecule has 0 aliphatic carbocycles. The normalized spacial score (nSPS) is 32.6. The number of cyclic esters (lactones) is 1. The molecule has 0 aromatic rings. The number of carbonyl (C=O) groups excluding carboxylic acids is 4. The maximum Gasteiger partial charge on any atom is 0.341 e. The summed E-state index contributed by atoms with van der Waals surface area (Å²) in [7, 11) is 0. The molecule has 0 aromatic carbocycles. The van der Waals surface area contributed by atoms with Crippen molar-refractivity contribution in [2.24, 2.45) is 5.92 Å². The molecule has 1 fully saturated rings. The van der Waals surface area contributed by atoms with Crippen molar-refractivity contribution in [2.45, 2.75) is 57.8 Å². The number of aliphatic hydroxyl groups is 1. The summed E-state index contributed by atoms with van der Waals surface area (Å²) >= 11 is 0. The third kappa shape index (κ3) is 5.64. The minimum Gasteiger partial charge on any atom is -0.471 e. The van der Waals surface area contributed by atoms with E-state index in [1.54, 1.807) is 6.08 Å². The topological polar surface area (TPSA) is 153 Å². The number of hydrogen-bond acceptors (Lipinski definition) is 12. The zero-order valence-electron chi connectivity index (χ0n) is 18.8. The van der Waals surface area contributed by atoms with Gasteiger partial charge in [0, 0.05) is 20.8 Å². The maximum absolute atomic E-state index is 12.0. The molecule has 0 unspecified atom stereocenters. The van der Waals surface area contributed by atoms with E-state index in [0.29, 0.717) is 5.57 Å². The zero-order valence-corrected chi connectivity index (χ0v) is 18.8. The standard InChI is InChI=1S/C22H26O12/c1-5-13-14-6-7-28-20(27)15(14)8-30-21(13)34-22-17(26)19(32-12(4)25)18(31-11(3)24)16(33-22)9-29-10(2)23/h5-6,8,13,16-19,21-22,26H,1,7,9H2,2-4H3/t13-,16-,17-,18-,19-,21+,22+/m1/s1. The molecular weight excluding hydrogens is 456 g/mol. The highest BCUT2D eigenvalue weighted by atomic mass is 16.8. The first-order valence-corrected chi connectivity index (χ1v) is 10.4. The molecular formula is C22H26O12. The highest BCUT2D eigenvalue weighted by molar-refractivity contribution is 5.94. The van der Waals surface area contributed by atoms with Gasteiger partial charge in [0.15, 0.2) is 18.5 Å². The molecule has 3 aliphatic heterocycles. The lowest BCUT2D eigenvalue weighted by atomic mass is 9.89. The van der Waals surface area contributed by atoms with Gasteiger partial charge in [-0.15, -0.1) is 6.58 Å². The zero-order chi connectivity index (χ0) is 25.0. The maximum atomic E-state index is 12.0. The molecule has 12 heteroatoms. The van der Waals surface area contributed by atoms with Gasteiger partial charge in [-0.2, -0.15) is 0 Å². The summed E-state index contributed by atoms with van der Waals surface area (Å²) < 4.78 is 37.6. The second-order valence-electron chi connectivity index (χ2n) is 7.68. The summed E-state index contributed by atoms with van der Waals surface area (Å²) in [4.78, 5) is 46.7. The highest BCUT2D eigenvalue weighted by Crippen LogP contribution is 2.36. The predicted molar refractivity (Wildman–Crippen MR) is 109 cm³/mol. The van der Waals surface area contributed by atoms with E-state index in [1.165, 1.54) is 19.3 Å².